The van der Waals surface area contributed by atoms with E-state index in [1.165, 1.54) is 6.07 Å². The van der Waals surface area contributed by atoms with E-state index in [2.05, 4.69) is 27.1 Å². The Balaban J connectivity index is 1.39. The fraction of sp³-hybridized carbons (Fsp3) is 0.250. The molecular formula is C24H22ClFN4O2. The number of allylic oxidation sites excluding steroid dienone is 1. The minimum absolute atomic E-state index is 0.221. The number of aromatic amines is 1. The summed E-state index contributed by atoms with van der Waals surface area (Å²) in [5.41, 5.74) is 4.26. The Morgan fingerprint density at radius 1 is 1.22 bits per heavy atom. The second-order valence-corrected chi connectivity index (χ2v) is 8.22. The van der Waals surface area contributed by atoms with Gasteiger partial charge < -0.3 is 19.0 Å². The number of methoxy groups -OCH3 is 1. The zero-order valence-corrected chi connectivity index (χ0v) is 18.5. The number of imidazole rings is 1. The van der Waals surface area contributed by atoms with Crippen molar-refractivity contribution in [1.29, 1.82) is 0 Å². The van der Waals surface area contributed by atoms with Gasteiger partial charge in [-0.25, -0.2) is 14.4 Å². The van der Waals surface area contributed by atoms with Gasteiger partial charge in [-0.15, -0.1) is 0 Å². The molecule has 0 fully saturated rings. The number of ether oxygens (including phenoxy) is 2. The van der Waals surface area contributed by atoms with Crippen molar-refractivity contribution in [1.82, 2.24) is 19.5 Å². The van der Waals surface area contributed by atoms with Crippen LogP contribution in [-0.4, -0.2) is 26.6 Å². The Kier molecular flexibility index (Phi) is 5.35. The van der Waals surface area contributed by atoms with E-state index >= 15 is 4.39 Å². The number of hydrogen-bond acceptors (Lipinski definition) is 4. The number of pyridine rings is 1. The largest absolute Gasteiger partial charge is 0.493 e. The van der Waals surface area contributed by atoms with Crippen LogP contribution >= 0.6 is 11.6 Å². The molecule has 0 spiro atoms. The van der Waals surface area contributed by atoms with E-state index in [9.17, 15) is 0 Å². The van der Waals surface area contributed by atoms with Crippen LogP contribution in [0.15, 0.2) is 36.7 Å². The molecule has 0 bridgehead atoms. The number of fused-ring (bicyclic) bond motifs is 2. The predicted molar refractivity (Wildman–Crippen MR) is 122 cm³/mol. The van der Waals surface area contributed by atoms with Crippen LogP contribution in [0.3, 0.4) is 0 Å². The molecule has 32 heavy (non-hydrogen) atoms. The number of nitrogens with zero attached hydrogens (tertiary/aromatic N) is 3. The van der Waals surface area contributed by atoms with Crippen LogP contribution in [0.1, 0.15) is 34.8 Å². The van der Waals surface area contributed by atoms with Crippen molar-refractivity contribution in [3.05, 3.63) is 75.8 Å². The highest BCUT2D eigenvalue weighted by Crippen LogP contribution is 2.33. The predicted octanol–water partition coefficient (Wildman–Crippen LogP) is 5.23. The van der Waals surface area contributed by atoms with E-state index in [0.29, 0.717) is 34.2 Å². The smallest absolute Gasteiger partial charge is 0.164 e. The maximum atomic E-state index is 15.0. The Morgan fingerprint density at radius 2 is 2.09 bits per heavy atom. The van der Waals surface area contributed by atoms with E-state index in [1.807, 2.05) is 23.9 Å². The first-order chi connectivity index (χ1) is 15.5. The molecular weight excluding hydrogens is 431 g/mol. The topological polar surface area (TPSA) is 65.0 Å². The summed E-state index contributed by atoms with van der Waals surface area (Å²) in [5.74, 6) is 1.23. The van der Waals surface area contributed by atoms with Crippen LogP contribution in [0.5, 0.6) is 11.5 Å². The van der Waals surface area contributed by atoms with Crippen LogP contribution in [0.4, 0.5) is 4.39 Å². The van der Waals surface area contributed by atoms with Gasteiger partial charge in [0.2, 0.25) is 0 Å². The molecule has 6 nitrogen and oxygen atoms in total. The number of H-pyrrole nitrogens is 1. The van der Waals surface area contributed by atoms with Crippen molar-refractivity contribution >= 4 is 28.7 Å². The molecule has 1 N–H and O–H groups in total. The third-order valence-electron chi connectivity index (χ3n) is 5.79. The van der Waals surface area contributed by atoms with Crippen LogP contribution < -0.4 is 9.47 Å². The summed E-state index contributed by atoms with van der Waals surface area (Å²) >= 11 is 6.08. The van der Waals surface area contributed by atoms with Gasteiger partial charge in [-0.05, 0) is 42.2 Å². The fourth-order valence-electron chi connectivity index (χ4n) is 4.07. The maximum absolute atomic E-state index is 15.0. The van der Waals surface area contributed by atoms with E-state index in [0.717, 1.165) is 41.0 Å². The van der Waals surface area contributed by atoms with E-state index < -0.39 is 0 Å². The fourth-order valence-corrected chi connectivity index (χ4v) is 4.23. The average molecular weight is 453 g/mol. The molecule has 3 aromatic heterocycles. The molecule has 0 saturated carbocycles. The van der Waals surface area contributed by atoms with Crippen molar-refractivity contribution in [3.63, 3.8) is 0 Å². The van der Waals surface area contributed by atoms with Gasteiger partial charge in [0.25, 0.3) is 0 Å². The summed E-state index contributed by atoms with van der Waals surface area (Å²) in [6, 6.07) is 4.87. The highest BCUT2D eigenvalue weighted by molar-refractivity contribution is 6.31. The van der Waals surface area contributed by atoms with Gasteiger partial charge in [0.1, 0.15) is 23.9 Å². The highest BCUT2D eigenvalue weighted by atomic mass is 35.5. The van der Waals surface area contributed by atoms with E-state index in [-0.39, 0.29) is 12.4 Å². The van der Waals surface area contributed by atoms with Crippen LogP contribution in [-0.2, 0) is 26.5 Å². The minimum atomic E-state index is -0.368. The quantitative estimate of drug-likeness (QED) is 0.435. The molecule has 0 saturated heterocycles. The molecule has 1 aromatic carbocycles. The Hall–Kier alpha value is -3.32. The lowest BCUT2D eigenvalue weighted by molar-refractivity contribution is 0.271. The summed E-state index contributed by atoms with van der Waals surface area (Å²) in [5, 5.41) is 1.40. The van der Waals surface area contributed by atoms with Crippen molar-refractivity contribution in [2.24, 2.45) is 7.05 Å². The third-order valence-corrected chi connectivity index (χ3v) is 5.99. The number of nitrogens with one attached hydrogen (secondary N) is 1. The van der Waals surface area contributed by atoms with Crippen molar-refractivity contribution in [2.45, 2.75) is 25.9 Å². The molecule has 0 aliphatic heterocycles. The molecule has 0 unspecified atom stereocenters. The molecule has 3 heterocycles. The molecule has 0 radical (unpaired) electrons. The monoisotopic (exact) mass is 452 g/mol. The summed E-state index contributed by atoms with van der Waals surface area (Å²) < 4.78 is 28.4. The van der Waals surface area contributed by atoms with Crippen LogP contribution in [0.25, 0.3) is 17.1 Å². The molecule has 0 atom stereocenters. The maximum Gasteiger partial charge on any atom is 0.164 e. The zero-order valence-electron chi connectivity index (χ0n) is 17.8. The molecule has 1 aliphatic carbocycles. The molecule has 8 heteroatoms. The van der Waals surface area contributed by atoms with Gasteiger partial charge in [0.15, 0.2) is 11.5 Å². The number of aromatic nitrogens is 4. The first kappa shape index (κ1) is 20.6. The molecule has 1 aliphatic rings. The molecule has 0 amide bonds. The highest BCUT2D eigenvalue weighted by Gasteiger charge is 2.18. The first-order valence-corrected chi connectivity index (χ1v) is 10.7. The van der Waals surface area contributed by atoms with Crippen molar-refractivity contribution in [3.8, 4) is 11.5 Å². The number of aryl methyl sites for hydroxylation is 1. The summed E-state index contributed by atoms with van der Waals surface area (Å²) in [4.78, 5) is 12.0. The van der Waals surface area contributed by atoms with Crippen LogP contribution in [0.2, 0.25) is 5.02 Å². The van der Waals surface area contributed by atoms with Gasteiger partial charge >= 0.3 is 0 Å². The SMILES string of the molecule is COc1cc(Cc2c[nH]c3ncc(Cl)cc23)c(F)cc1OCc1nc2c(n1C)C=CCC2. The summed E-state index contributed by atoms with van der Waals surface area (Å²) in [6.45, 7) is 0.221. The minimum Gasteiger partial charge on any atom is -0.493 e. The third kappa shape index (κ3) is 3.73. The second-order valence-electron chi connectivity index (χ2n) is 7.78. The van der Waals surface area contributed by atoms with Crippen molar-refractivity contribution in [2.75, 3.05) is 7.11 Å². The summed E-state index contributed by atoms with van der Waals surface area (Å²) in [7, 11) is 3.51. The number of hydrogen-bond donors (Lipinski definition) is 1. The Labute approximate surface area is 189 Å². The zero-order chi connectivity index (χ0) is 22.2. The lowest BCUT2D eigenvalue weighted by atomic mass is 10.0. The van der Waals surface area contributed by atoms with Gasteiger partial charge in [-0.3, -0.25) is 0 Å². The van der Waals surface area contributed by atoms with Gasteiger partial charge in [-0.1, -0.05) is 17.7 Å². The number of benzene rings is 1. The average Bonchev–Trinajstić information content (AvgIpc) is 3.34. The van der Waals surface area contributed by atoms with E-state index in [4.69, 9.17) is 21.1 Å². The Bertz CT molecular complexity index is 1340. The molecule has 5 rings (SSSR count). The standard InChI is InChI=1S/C24H22ClFN4O2/c1-30-20-6-4-3-5-19(20)29-23(30)13-32-22-10-18(26)14(8-21(22)31-2)7-15-11-27-24-17(15)9-16(25)12-28-24/h4,6,8-12H,3,5,7,13H2,1-2H3,(H,27,28). The van der Waals surface area contributed by atoms with Gasteiger partial charge in [0, 0.05) is 37.3 Å². The lowest BCUT2D eigenvalue weighted by Crippen LogP contribution is -2.06. The van der Waals surface area contributed by atoms with E-state index in [1.54, 1.807) is 19.4 Å². The van der Waals surface area contributed by atoms with Gasteiger partial charge in [0.05, 0.1) is 23.5 Å². The number of rotatable bonds is 6. The Morgan fingerprint density at radius 3 is 2.91 bits per heavy atom. The molecule has 4 aromatic rings. The number of halogens is 2. The lowest BCUT2D eigenvalue weighted by Gasteiger charge is -2.13. The normalized spacial score (nSPS) is 12.9. The first-order valence-electron chi connectivity index (χ1n) is 10.3. The second kappa shape index (κ2) is 8.31. The van der Waals surface area contributed by atoms with Gasteiger partial charge in [-0.2, -0.15) is 0 Å². The van der Waals surface area contributed by atoms with Crippen molar-refractivity contribution < 1.29 is 13.9 Å². The summed E-state index contributed by atoms with van der Waals surface area (Å²) in [6.07, 6.45) is 9.89. The molecule has 164 valence electrons. The van der Waals surface area contributed by atoms with Crippen LogP contribution in [0, 0.1) is 5.82 Å².